The van der Waals surface area contributed by atoms with Crippen molar-refractivity contribution in [3.63, 3.8) is 0 Å². The van der Waals surface area contributed by atoms with E-state index in [4.69, 9.17) is 4.74 Å². The zero-order chi connectivity index (χ0) is 24.2. The van der Waals surface area contributed by atoms with E-state index in [-0.39, 0.29) is 24.4 Å². The summed E-state index contributed by atoms with van der Waals surface area (Å²) >= 11 is 0. The molecule has 3 aromatic rings. The number of esters is 1. The van der Waals surface area contributed by atoms with E-state index >= 15 is 0 Å². The van der Waals surface area contributed by atoms with Crippen LogP contribution in [0.3, 0.4) is 0 Å². The van der Waals surface area contributed by atoms with Gasteiger partial charge in [-0.2, -0.15) is 0 Å². The molecule has 0 atom stereocenters. The van der Waals surface area contributed by atoms with Gasteiger partial charge in [-0.25, -0.2) is 9.78 Å². The molecule has 9 nitrogen and oxygen atoms in total. The number of amides is 3. The lowest BCUT2D eigenvalue weighted by Gasteiger charge is -2.13. The van der Waals surface area contributed by atoms with Crippen molar-refractivity contribution in [3.05, 3.63) is 69.8 Å². The minimum atomic E-state index is -0.741. The number of benzene rings is 2. The molecule has 176 valence electrons. The molecule has 0 unspecified atom stereocenters. The lowest BCUT2D eigenvalue weighted by molar-refractivity contribution is -0.148. The number of aromatic nitrogens is 2. The average molecular weight is 463 g/mol. The molecule has 1 fully saturated rings. The van der Waals surface area contributed by atoms with Crippen LogP contribution in [0.2, 0.25) is 0 Å². The third kappa shape index (κ3) is 5.31. The quantitative estimate of drug-likeness (QED) is 0.521. The molecule has 0 aliphatic heterocycles. The van der Waals surface area contributed by atoms with E-state index in [9.17, 15) is 19.2 Å². The summed E-state index contributed by atoms with van der Waals surface area (Å²) in [5.74, 6) is -0.828. The Morgan fingerprint density at radius 1 is 1.09 bits per heavy atom. The molecule has 1 aliphatic rings. The molecule has 0 saturated heterocycles. The number of carbonyl (C=O) groups is 3. The number of nitrogens with zero attached hydrogens (tertiary/aromatic N) is 2. The van der Waals surface area contributed by atoms with E-state index in [1.807, 2.05) is 26.0 Å². The topological polar surface area (TPSA) is 119 Å². The largest absolute Gasteiger partial charge is 0.456 e. The summed E-state index contributed by atoms with van der Waals surface area (Å²) in [5, 5.41) is 5.30. The molecular formula is C25H26N4O5. The van der Waals surface area contributed by atoms with Gasteiger partial charge in [-0.05, 0) is 56.0 Å². The van der Waals surface area contributed by atoms with Gasteiger partial charge in [-0.3, -0.25) is 24.3 Å². The molecule has 9 heteroatoms. The van der Waals surface area contributed by atoms with E-state index in [0.717, 1.165) is 24.0 Å². The highest BCUT2D eigenvalue weighted by atomic mass is 16.5. The summed E-state index contributed by atoms with van der Waals surface area (Å²) in [5.41, 5.74) is 2.97. The minimum Gasteiger partial charge on any atom is -0.456 e. The summed E-state index contributed by atoms with van der Waals surface area (Å²) in [6.07, 6.45) is 1.98. The standard InChI is InChI=1S/C25H26N4O5/c1-15-6-5-9-19(16(15)2)27-25(33)28-22(30)14-34-23(31)13-12-21-26-20-8-4-3-7-18(20)24(32)29(21)17-10-11-17/h3-9,17H,10-14H2,1-2H3,(H2,27,28,30,33). The fourth-order valence-electron chi connectivity index (χ4n) is 3.71. The van der Waals surface area contributed by atoms with Gasteiger partial charge in [-0.15, -0.1) is 0 Å². The van der Waals surface area contributed by atoms with E-state index in [1.165, 1.54) is 0 Å². The van der Waals surface area contributed by atoms with E-state index in [0.29, 0.717) is 22.4 Å². The first-order valence-corrected chi connectivity index (χ1v) is 11.2. The van der Waals surface area contributed by atoms with Gasteiger partial charge in [0.15, 0.2) is 6.61 Å². The number of hydrogen-bond acceptors (Lipinski definition) is 6. The molecular weight excluding hydrogens is 436 g/mol. The Morgan fingerprint density at radius 3 is 2.62 bits per heavy atom. The van der Waals surface area contributed by atoms with Crippen LogP contribution in [0, 0.1) is 13.8 Å². The van der Waals surface area contributed by atoms with Crippen LogP contribution in [0.1, 0.15) is 42.3 Å². The Hall–Kier alpha value is -4.01. The molecule has 0 spiro atoms. The van der Waals surface area contributed by atoms with Crippen LogP contribution in [-0.4, -0.2) is 34.1 Å². The Balaban J connectivity index is 1.30. The fourth-order valence-corrected chi connectivity index (χ4v) is 3.71. The molecule has 1 aromatic heterocycles. The molecule has 1 aliphatic carbocycles. The zero-order valence-corrected chi connectivity index (χ0v) is 19.1. The number of anilines is 1. The number of imide groups is 1. The van der Waals surface area contributed by atoms with Gasteiger partial charge >= 0.3 is 12.0 Å². The number of nitrogens with one attached hydrogen (secondary N) is 2. The van der Waals surface area contributed by atoms with Crippen LogP contribution in [0.5, 0.6) is 0 Å². The predicted molar refractivity (Wildman–Crippen MR) is 127 cm³/mol. The van der Waals surface area contributed by atoms with Crippen LogP contribution < -0.4 is 16.2 Å². The average Bonchev–Trinajstić information content (AvgIpc) is 3.64. The summed E-state index contributed by atoms with van der Waals surface area (Å²) in [6, 6.07) is 12.0. The summed E-state index contributed by atoms with van der Waals surface area (Å²) < 4.78 is 6.67. The van der Waals surface area contributed by atoms with Crippen molar-refractivity contribution in [2.75, 3.05) is 11.9 Å². The molecule has 34 heavy (non-hydrogen) atoms. The van der Waals surface area contributed by atoms with Crippen molar-refractivity contribution in [2.24, 2.45) is 0 Å². The number of rotatable bonds is 7. The van der Waals surface area contributed by atoms with Crippen LogP contribution in [0.25, 0.3) is 10.9 Å². The smallest absolute Gasteiger partial charge is 0.325 e. The monoisotopic (exact) mass is 462 g/mol. The number of para-hydroxylation sites is 1. The highest BCUT2D eigenvalue weighted by Crippen LogP contribution is 2.34. The molecule has 2 N–H and O–H groups in total. The molecule has 1 heterocycles. The van der Waals surface area contributed by atoms with Gasteiger partial charge < -0.3 is 10.1 Å². The van der Waals surface area contributed by atoms with Crippen LogP contribution in [0.15, 0.2) is 47.3 Å². The highest BCUT2D eigenvalue weighted by molar-refractivity contribution is 6.02. The third-order valence-corrected chi connectivity index (χ3v) is 5.82. The molecule has 2 aromatic carbocycles. The van der Waals surface area contributed by atoms with Gasteiger partial charge in [0.2, 0.25) is 0 Å². The normalized spacial score (nSPS) is 12.9. The number of urea groups is 1. The van der Waals surface area contributed by atoms with E-state index in [1.54, 1.807) is 34.9 Å². The van der Waals surface area contributed by atoms with E-state index < -0.39 is 24.5 Å². The first-order valence-electron chi connectivity index (χ1n) is 11.2. The van der Waals surface area contributed by atoms with Gasteiger partial charge in [0.1, 0.15) is 5.82 Å². The number of aryl methyl sites for hydroxylation is 2. The lowest BCUT2D eigenvalue weighted by Crippen LogP contribution is -2.37. The maximum atomic E-state index is 12.9. The zero-order valence-electron chi connectivity index (χ0n) is 19.1. The molecule has 4 rings (SSSR count). The van der Waals surface area contributed by atoms with Crippen molar-refractivity contribution in [1.29, 1.82) is 0 Å². The Bertz CT molecular complexity index is 1330. The van der Waals surface area contributed by atoms with Crippen molar-refractivity contribution >= 4 is 34.5 Å². The highest BCUT2D eigenvalue weighted by Gasteiger charge is 2.28. The second kappa shape index (κ2) is 9.86. The first kappa shape index (κ1) is 23.2. The first-order chi connectivity index (χ1) is 16.3. The van der Waals surface area contributed by atoms with Crippen molar-refractivity contribution in [2.45, 2.75) is 45.6 Å². The Morgan fingerprint density at radius 2 is 1.85 bits per heavy atom. The number of carbonyl (C=O) groups excluding carboxylic acids is 3. The van der Waals surface area contributed by atoms with Gasteiger partial charge in [-0.1, -0.05) is 24.3 Å². The third-order valence-electron chi connectivity index (χ3n) is 5.82. The molecule has 0 radical (unpaired) electrons. The SMILES string of the molecule is Cc1cccc(NC(=O)NC(=O)COC(=O)CCc2nc3ccccc3c(=O)n2C2CC2)c1C. The lowest BCUT2D eigenvalue weighted by atomic mass is 10.1. The number of hydrogen-bond donors (Lipinski definition) is 2. The Labute approximate surface area is 196 Å². The number of ether oxygens (including phenoxy) is 1. The van der Waals surface area contributed by atoms with Gasteiger partial charge in [0.25, 0.3) is 11.5 Å². The summed E-state index contributed by atoms with van der Waals surface area (Å²) in [6.45, 7) is 3.20. The second-order valence-corrected chi connectivity index (χ2v) is 8.36. The summed E-state index contributed by atoms with van der Waals surface area (Å²) in [4.78, 5) is 53.7. The molecule has 3 amide bonds. The summed E-state index contributed by atoms with van der Waals surface area (Å²) in [7, 11) is 0. The maximum absolute atomic E-state index is 12.9. The van der Waals surface area contributed by atoms with Crippen molar-refractivity contribution in [1.82, 2.24) is 14.9 Å². The van der Waals surface area contributed by atoms with Crippen LogP contribution >= 0.6 is 0 Å². The van der Waals surface area contributed by atoms with Gasteiger partial charge in [0.05, 0.1) is 17.3 Å². The second-order valence-electron chi connectivity index (χ2n) is 8.36. The fraction of sp³-hybridized carbons (Fsp3) is 0.320. The van der Waals surface area contributed by atoms with Crippen molar-refractivity contribution in [3.8, 4) is 0 Å². The van der Waals surface area contributed by atoms with Crippen LogP contribution in [-0.2, 0) is 20.7 Å². The maximum Gasteiger partial charge on any atom is 0.325 e. The Kier molecular flexibility index (Phi) is 6.72. The van der Waals surface area contributed by atoms with Crippen LogP contribution in [0.4, 0.5) is 10.5 Å². The van der Waals surface area contributed by atoms with Gasteiger partial charge in [0, 0.05) is 18.2 Å². The molecule has 1 saturated carbocycles. The predicted octanol–water partition coefficient (Wildman–Crippen LogP) is 3.17. The van der Waals surface area contributed by atoms with E-state index in [2.05, 4.69) is 15.6 Å². The molecule has 0 bridgehead atoms. The van der Waals surface area contributed by atoms with Crippen molar-refractivity contribution < 1.29 is 19.1 Å². The number of fused-ring (bicyclic) bond motifs is 1. The minimum absolute atomic E-state index is 0.0422.